The molecule has 1 aliphatic heterocycles. The molecule has 2 aromatic heterocycles. The van der Waals surface area contributed by atoms with E-state index in [-0.39, 0.29) is 18.2 Å². The van der Waals surface area contributed by atoms with Crippen molar-refractivity contribution in [2.24, 2.45) is 0 Å². The Labute approximate surface area is 153 Å². The van der Waals surface area contributed by atoms with Gasteiger partial charge in [-0.2, -0.15) is 0 Å². The zero-order valence-corrected chi connectivity index (χ0v) is 14.2. The van der Waals surface area contributed by atoms with Gasteiger partial charge in [-0.05, 0) is 24.6 Å². The molecule has 3 aromatic rings. The number of amides is 1. The number of carbonyl (C=O) groups excluding carboxylic acids is 1. The average molecular weight is 362 g/mol. The van der Waals surface area contributed by atoms with E-state index in [1.54, 1.807) is 12.3 Å². The summed E-state index contributed by atoms with van der Waals surface area (Å²) in [5, 5.41) is 6.73. The van der Waals surface area contributed by atoms with Gasteiger partial charge in [-0.15, -0.1) is 0 Å². The third kappa shape index (κ3) is 2.68. The van der Waals surface area contributed by atoms with E-state index in [4.69, 9.17) is 4.42 Å². The van der Waals surface area contributed by atoms with Crippen LogP contribution in [-0.4, -0.2) is 21.9 Å². The SMILES string of the molecule is O=C1Cc2cnc(NC3CC=CC=C3F)nc2-c2oc3ccccc3c2N1. The number of benzene rings is 1. The molecule has 1 unspecified atom stereocenters. The lowest BCUT2D eigenvalue weighted by Gasteiger charge is -2.18. The molecule has 0 saturated heterocycles. The number of nitrogens with zero attached hydrogens (tertiary/aromatic N) is 2. The zero-order valence-electron chi connectivity index (χ0n) is 14.2. The third-order valence-electron chi connectivity index (χ3n) is 4.69. The van der Waals surface area contributed by atoms with E-state index in [0.717, 1.165) is 5.39 Å². The summed E-state index contributed by atoms with van der Waals surface area (Å²) in [6.07, 6.45) is 7.23. The molecular weight excluding hydrogens is 347 g/mol. The van der Waals surface area contributed by atoms with Crippen molar-refractivity contribution in [3.05, 3.63) is 60.1 Å². The molecule has 2 N–H and O–H groups in total. The molecule has 6 nitrogen and oxygen atoms in total. The van der Waals surface area contributed by atoms with Crippen molar-refractivity contribution in [3.63, 3.8) is 0 Å². The van der Waals surface area contributed by atoms with Crippen LogP contribution in [0, 0.1) is 0 Å². The Morgan fingerprint density at radius 1 is 1.30 bits per heavy atom. The van der Waals surface area contributed by atoms with Gasteiger partial charge in [-0.3, -0.25) is 4.79 Å². The lowest BCUT2D eigenvalue weighted by molar-refractivity contribution is -0.115. The number of hydrogen-bond acceptors (Lipinski definition) is 5. The maximum Gasteiger partial charge on any atom is 0.229 e. The van der Waals surface area contributed by atoms with Crippen molar-refractivity contribution in [2.45, 2.75) is 18.9 Å². The lowest BCUT2D eigenvalue weighted by Crippen LogP contribution is -2.22. The Kier molecular flexibility index (Phi) is 3.53. The Morgan fingerprint density at radius 3 is 3.07 bits per heavy atom. The van der Waals surface area contributed by atoms with Crippen LogP contribution in [0.3, 0.4) is 0 Å². The van der Waals surface area contributed by atoms with E-state index in [9.17, 15) is 9.18 Å². The van der Waals surface area contributed by atoms with Crippen LogP contribution in [0.1, 0.15) is 12.0 Å². The summed E-state index contributed by atoms with van der Waals surface area (Å²) in [5.41, 5.74) is 2.46. The molecule has 3 heterocycles. The van der Waals surface area contributed by atoms with Gasteiger partial charge in [-0.1, -0.05) is 24.3 Å². The van der Waals surface area contributed by atoms with Gasteiger partial charge in [0.2, 0.25) is 11.9 Å². The molecule has 27 heavy (non-hydrogen) atoms. The standard InChI is InChI=1S/C20H15FN4O2/c21-13-6-2-3-7-14(13)23-20-22-10-11-9-16(26)24-18-12-5-1-4-8-15(12)27-19(18)17(11)25-20/h1-6,8,10,14H,7,9H2,(H,24,26)(H,22,23,25). The molecule has 0 bridgehead atoms. The highest BCUT2D eigenvalue weighted by Gasteiger charge is 2.27. The summed E-state index contributed by atoms with van der Waals surface area (Å²) in [6.45, 7) is 0. The maximum atomic E-state index is 14.0. The number of carbonyl (C=O) groups is 1. The summed E-state index contributed by atoms with van der Waals surface area (Å²) in [4.78, 5) is 21.1. The smallest absolute Gasteiger partial charge is 0.229 e. The molecule has 1 aliphatic carbocycles. The van der Waals surface area contributed by atoms with Gasteiger partial charge in [0.05, 0.1) is 18.2 Å². The average Bonchev–Trinajstić information content (AvgIpc) is 2.96. The minimum Gasteiger partial charge on any atom is -0.452 e. The van der Waals surface area contributed by atoms with Crippen LogP contribution >= 0.6 is 0 Å². The molecule has 134 valence electrons. The highest BCUT2D eigenvalue weighted by Crippen LogP contribution is 2.40. The van der Waals surface area contributed by atoms with Crippen molar-refractivity contribution in [3.8, 4) is 11.5 Å². The van der Waals surface area contributed by atoms with E-state index in [2.05, 4.69) is 20.6 Å². The Balaban J connectivity index is 1.61. The summed E-state index contributed by atoms with van der Waals surface area (Å²) in [5.74, 6) is 0.356. The first-order valence-electron chi connectivity index (χ1n) is 8.65. The topological polar surface area (TPSA) is 80.1 Å². The van der Waals surface area contributed by atoms with E-state index in [1.807, 2.05) is 30.3 Å². The molecule has 2 aliphatic rings. The Bertz CT molecular complexity index is 1130. The monoisotopic (exact) mass is 362 g/mol. The number of hydrogen-bond donors (Lipinski definition) is 2. The van der Waals surface area contributed by atoms with Crippen LogP contribution < -0.4 is 10.6 Å². The second-order valence-corrected chi connectivity index (χ2v) is 6.51. The molecule has 0 spiro atoms. The number of para-hydroxylation sites is 1. The second kappa shape index (κ2) is 6.05. The van der Waals surface area contributed by atoms with E-state index in [0.29, 0.717) is 40.7 Å². The minimum absolute atomic E-state index is 0.147. The number of nitrogens with one attached hydrogen (secondary N) is 2. The van der Waals surface area contributed by atoms with E-state index < -0.39 is 6.04 Å². The first-order chi connectivity index (χ1) is 13.2. The molecule has 1 atom stereocenters. The van der Waals surface area contributed by atoms with Crippen molar-refractivity contribution in [2.75, 3.05) is 10.6 Å². The number of halogens is 1. The maximum absolute atomic E-state index is 14.0. The van der Waals surface area contributed by atoms with Gasteiger partial charge in [-0.25, -0.2) is 14.4 Å². The van der Waals surface area contributed by atoms with Crippen LogP contribution in [0.5, 0.6) is 0 Å². The predicted molar refractivity (Wildman–Crippen MR) is 99.9 cm³/mol. The molecular formula is C20H15FN4O2. The van der Waals surface area contributed by atoms with Gasteiger partial charge in [0, 0.05) is 17.1 Å². The van der Waals surface area contributed by atoms with Gasteiger partial charge in [0.15, 0.2) is 5.76 Å². The van der Waals surface area contributed by atoms with Gasteiger partial charge < -0.3 is 15.1 Å². The molecule has 0 saturated carbocycles. The van der Waals surface area contributed by atoms with E-state index >= 15 is 0 Å². The molecule has 0 radical (unpaired) electrons. The Hall–Kier alpha value is -3.48. The number of allylic oxidation sites excluding steroid dienone is 2. The molecule has 5 rings (SSSR count). The third-order valence-corrected chi connectivity index (χ3v) is 4.69. The quantitative estimate of drug-likeness (QED) is 0.721. The van der Waals surface area contributed by atoms with Gasteiger partial charge >= 0.3 is 0 Å². The fourth-order valence-electron chi connectivity index (χ4n) is 3.38. The fourth-order valence-corrected chi connectivity index (χ4v) is 3.38. The minimum atomic E-state index is -0.506. The van der Waals surface area contributed by atoms with Crippen molar-refractivity contribution in [1.29, 1.82) is 0 Å². The summed E-state index contributed by atoms with van der Waals surface area (Å²) >= 11 is 0. The molecule has 7 heteroatoms. The highest BCUT2D eigenvalue weighted by molar-refractivity contribution is 6.08. The normalized spacial score (nSPS) is 18.3. The van der Waals surface area contributed by atoms with Gasteiger partial charge in [0.1, 0.15) is 17.1 Å². The molecule has 1 aromatic carbocycles. The van der Waals surface area contributed by atoms with E-state index in [1.165, 1.54) is 6.08 Å². The number of rotatable bonds is 2. The predicted octanol–water partition coefficient (Wildman–Crippen LogP) is 3.98. The fraction of sp³-hybridized carbons (Fsp3) is 0.150. The lowest BCUT2D eigenvalue weighted by atomic mass is 10.1. The number of fused-ring (bicyclic) bond motifs is 5. The van der Waals surface area contributed by atoms with Crippen LogP contribution in [-0.2, 0) is 11.2 Å². The van der Waals surface area contributed by atoms with Crippen LogP contribution in [0.2, 0.25) is 0 Å². The van der Waals surface area contributed by atoms with Crippen molar-refractivity contribution >= 4 is 28.5 Å². The second-order valence-electron chi connectivity index (χ2n) is 6.51. The number of furan rings is 1. The largest absolute Gasteiger partial charge is 0.452 e. The van der Waals surface area contributed by atoms with Crippen molar-refractivity contribution in [1.82, 2.24) is 9.97 Å². The van der Waals surface area contributed by atoms with Crippen LogP contribution in [0.4, 0.5) is 16.0 Å². The van der Waals surface area contributed by atoms with Crippen LogP contribution in [0.25, 0.3) is 22.4 Å². The summed E-state index contributed by atoms with van der Waals surface area (Å²) in [6, 6.07) is 6.97. The van der Waals surface area contributed by atoms with Crippen LogP contribution in [0.15, 0.2) is 58.9 Å². The summed E-state index contributed by atoms with van der Waals surface area (Å²) in [7, 11) is 0. The first kappa shape index (κ1) is 15.7. The number of aromatic nitrogens is 2. The van der Waals surface area contributed by atoms with Crippen molar-refractivity contribution < 1.29 is 13.6 Å². The zero-order chi connectivity index (χ0) is 18.4. The highest BCUT2D eigenvalue weighted by atomic mass is 19.1. The first-order valence-corrected chi connectivity index (χ1v) is 8.65. The molecule has 1 amide bonds. The van der Waals surface area contributed by atoms with Gasteiger partial charge in [0.25, 0.3) is 0 Å². The molecule has 0 fully saturated rings. The summed E-state index contributed by atoms with van der Waals surface area (Å²) < 4.78 is 20.0. The number of anilines is 2. The Morgan fingerprint density at radius 2 is 2.19 bits per heavy atom.